The second kappa shape index (κ2) is 14.1. The third-order valence-electron chi connectivity index (χ3n) is 6.78. The Hall–Kier alpha value is -4.54. The molecule has 4 rings (SSSR count). The van der Waals surface area contributed by atoms with E-state index in [1.807, 2.05) is 91.0 Å². The van der Waals surface area contributed by atoms with E-state index in [4.69, 9.17) is 28.4 Å². The fourth-order valence-corrected chi connectivity index (χ4v) is 5.18. The molecule has 1 saturated heterocycles. The van der Waals surface area contributed by atoms with E-state index >= 15 is 0 Å². The molecule has 0 spiro atoms. The quantitative estimate of drug-likeness (QED) is 0.194. The van der Waals surface area contributed by atoms with Gasteiger partial charge < -0.3 is 28.4 Å². The molecular formula is C33H34O10. The largest absolute Gasteiger partial charge is 0.463 e. The number of esters is 4. The van der Waals surface area contributed by atoms with Crippen LogP contribution in [-0.4, -0.2) is 61.2 Å². The fourth-order valence-electron chi connectivity index (χ4n) is 5.18. The van der Waals surface area contributed by atoms with Crippen LogP contribution < -0.4 is 0 Å². The van der Waals surface area contributed by atoms with Crippen LogP contribution >= 0.6 is 0 Å². The molecule has 0 radical (unpaired) electrons. The van der Waals surface area contributed by atoms with Gasteiger partial charge >= 0.3 is 23.9 Å². The molecule has 0 aliphatic carbocycles. The van der Waals surface area contributed by atoms with Crippen molar-refractivity contribution in [2.45, 2.75) is 64.0 Å². The smallest absolute Gasteiger partial charge is 0.305 e. The molecule has 0 bridgehead atoms. The number of benzene rings is 3. The van der Waals surface area contributed by atoms with Gasteiger partial charge in [-0.15, -0.1) is 0 Å². The molecule has 43 heavy (non-hydrogen) atoms. The van der Waals surface area contributed by atoms with Gasteiger partial charge in [0.15, 0.2) is 18.3 Å². The van der Waals surface area contributed by atoms with Crippen LogP contribution in [-0.2, 0) is 53.2 Å². The maximum atomic E-state index is 12.5. The number of hydrogen-bond acceptors (Lipinski definition) is 10. The molecule has 3 aromatic rings. The third kappa shape index (κ3) is 7.46. The topological polar surface area (TPSA) is 124 Å². The van der Waals surface area contributed by atoms with Gasteiger partial charge in [-0.05, 0) is 16.7 Å². The molecule has 1 fully saturated rings. The Morgan fingerprint density at radius 2 is 1.00 bits per heavy atom. The highest BCUT2D eigenvalue weighted by Crippen LogP contribution is 2.44. The van der Waals surface area contributed by atoms with Gasteiger partial charge in [0, 0.05) is 27.7 Å². The van der Waals surface area contributed by atoms with Crippen molar-refractivity contribution in [1.29, 1.82) is 0 Å². The van der Waals surface area contributed by atoms with Gasteiger partial charge in [-0.3, -0.25) is 19.2 Å². The van der Waals surface area contributed by atoms with Crippen molar-refractivity contribution in [3.05, 3.63) is 108 Å². The maximum Gasteiger partial charge on any atom is 0.305 e. The highest BCUT2D eigenvalue weighted by atomic mass is 16.7. The van der Waals surface area contributed by atoms with Crippen molar-refractivity contribution in [3.63, 3.8) is 0 Å². The van der Waals surface area contributed by atoms with Gasteiger partial charge in [0.1, 0.15) is 18.3 Å². The van der Waals surface area contributed by atoms with Gasteiger partial charge in [0.25, 0.3) is 0 Å². The van der Waals surface area contributed by atoms with Crippen LogP contribution in [0.4, 0.5) is 0 Å². The lowest BCUT2D eigenvalue weighted by atomic mass is 9.79. The van der Waals surface area contributed by atoms with Crippen LogP contribution in [0, 0.1) is 0 Å². The van der Waals surface area contributed by atoms with Gasteiger partial charge in [0.05, 0.1) is 0 Å². The molecule has 3 aromatic carbocycles. The second-order valence-electron chi connectivity index (χ2n) is 9.96. The summed E-state index contributed by atoms with van der Waals surface area (Å²) in [5.74, 6) is -2.74. The molecule has 0 N–H and O–H groups in total. The molecule has 0 unspecified atom stereocenters. The van der Waals surface area contributed by atoms with E-state index in [-0.39, 0.29) is 6.61 Å². The van der Waals surface area contributed by atoms with Crippen molar-refractivity contribution < 1.29 is 47.6 Å². The number of ether oxygens (including phenoxy) is 6. The van der Waals surface area contributed by atoms with E-state index in [1.54, 1.807) is 0 Å². The molecule has 1 aliphatic rings. The first-order chi connectivity index (χ1) is 20.6. The Balaban J connectivity index is 1.96. The summed E-state index contributed by atoms with van der Waals surface area (Å²) in [6.07, 6.45) is -6.62. The number of rotatable bonds is 10. The summed E-state index contributed by atoms with van der Waals surface area (Å²) in [7, 11) is 0. The molecule has 1 aliphatic heterocycles. The Bertz CT molecular complexity index is 1300. The van der Waals surface area contributed by atoms with Crippen LogP contribution in [0.3, 0.4) is 0 Å². The second-order valence-corrected chi connectivity index (χ2v) is 9.96. The molecule has 1 heterocycles. The molecule has 10 heteroatoms. The first kappa shape index (κ1) is 31.4. The highest BCUT2D eigenvalue weighted by molar-refractivity contribution is 5.68. The van der Waals surface area contributed by atoms with Gasteiger partial charge in [-0.2, -0.15) is 0 Å². The minimum Gasteiger partial charge on any atom is -0.463 e. The Labute approximate surface area is 249 Å². The fraction of sp³-hybridized carbons (Fsp3) is 0.333. The van der Waals surface area contributed by atoms with E-state index in [0.717, 1.165) is 0 Å². The van der Waals surface area contributed by atoms with E-state index in [9.17, 15) is 19.2 Å². The average Bonchev–Trinajstić information content (AvgIpc) is 2.98. The lowest BCUT2D eigenvalue weighted by Gasteiger charge is -2.48. The zero-order valence-electron chi connectivity index (χ0n) is 24.3. The minimum absolute atomic E-state index is 0.378. The molecule has 0 saturated carbocycles. The SMILES string of the molecule is CC(=O)OC[C@H]1O[C@@H](OC(C)=O)[C@H](OC(c2ccccc2)(c2ccccc2)c2ccccc2)[C@@H](OC(C)=O)[C@@H]1OC(C)=O. The summed E-state index contributed by atoms with van der Waals surface area (Å²) in [4.78, 5) is 48.8. The molecule has 226 valence electrons. The average molecular weight is 591 g/mol. The van der Waals surface area contributed by atoms with E-state index in [1.165, 1.54) is 27.7 Å². The Morgan fingerprint density at radius 1 is 0.581 bits per heavy atom. The first-order valence-corrected chi connectivity index (χ1v) is 13.8. The maximum absolute atomic E-state index is 12.5. The molecule has 0 aromatic heterocycles. The predicted octanol–water partition coefficient (Wildman–Crippen LogP) is 4.08. The third-order valence-corrected chi connectivity index (χ3v) is 6.78. The summed E-state index contributed by atoms with van der Waals surface area (Å²) < 4.78 is 35.3. The van der Waals surface area contributed by atoms with E-state index < -0.39 is 60.2 Å². The summed E-state index contributed by atoms with van der Waals surface area (Å²) >= 11 is 0. The lowest BCUT2D eigenvalue weighted by molar-refractivity contribution is -0.316. The van der Waals surface area contributed by atoms with Crippen molar-refractivity contribution in [2.24, 2.45) is 0 Å². The molecule has 0 amide bonds. The first-order valence-electron chi connectivity index (χ1n) is 13.8. The zero-order chi connectivity index (χ0) is 31.0. The van der Waals surface area contributed by atoms with Crippen LogP contribution in [0.2, 0.25) is 0 Å². The molecule has 5 atom stereocenters. The summed E-state index contributed by atoms with van der Waals surface area (Å²) in [6.45, 7) is 4.40. The summed E-state index contributed by atoms with van der Waals surface area (Å²) in [5.41, 5.74) is 0.767. The van der Waals surface area contributed by atoms with Crippen molar-refractivity contribution in [1.82, 2.24) is 0 Å². The van der Waals surface area contributed by atoms with Crippen LogP contribution in [0.1, 0.15) is 44.4 Å². The summed E-state index contributed by atoms with van der Waals surface area (Å²) in [5, 5.41) is 0. The standard InChI is InChI=1S/C33H34O10/c1-21(34)38-20-28-29(39-22(2)35)30(40-23(3)36)31(32(42-28)41-24(4)37)43-33(25-14-8-5-9-15-25,26-16-10-6-11-17-26)27-18-12-7-13-19-27/h5-19,28-32H,20H2,1-4H3/t28-,29-,30+,31-,32-/m1/s1. The summed E-state index contributed by atoms with van der Waals surface area (Å²) in [6, 6.07) is 28.1. The van der Waals surface area contributed by atoms with E-state index in [0.29, 0.717) is 16.7 Å². The van der Waals surface area contributed by atoms with Crippen LogP contribution in [0.5, 0.6) is 0 Å². The number of hydrogen-bond donors (Lipinski definition) is 0. The normalized spacial score (nSPS) is 21.7. The molecule has 10 nitrogen and oxygen atoms in total. The molecular weight excluding hydrogens is 556 g/mol. The predicted molar refractivity (Wildman–Crippen MR) is 152 cm³/mol. The van der Waals surface area contributed by atoms with Crippen LogP contribution in [0.15, 0.2) is 91.0 Å². The Morgan fingerprint density at radius 3 is 1.40 bits per heavy atom. The number of carbonyl (C=O) groups excluding carboxylic acids is 4. The number of carbonyl (C=O) groups is 4. The monoisotopic (exact) mass is 590 g/mol. The van der Waals surface area contributed by atoms with Gasteiger partial charge in [-0.1, -0.05) is 91.0 Å². The highest BCUT2D eigenvalue weighted by Gasteiger charge is 2.55. The van der Waals surface area contributed by atoms with Gasteiger partial charge in [-0.25, -0.2) is 0 Å². The zero-order valence-corrected chi connectivity index (χ0v) is 24.3. The van der Waals surface area contributed by atoms with Crippen LogP contribution in [0.25, 0.3) is 0 Å². The van der Waals surface area contributed by atoms with Crippen molar-refractivity contribution >= 4 is 23.9 Å². The minimum atomic E-state index is -1.47. The van der Waals surface area contributed by atoms with E-state index in [2.05, 4.69) is 0 Å². The van der Waals surface area contributed by atoms with Crippen molar-refractivity contribution in [3.8, 4) is 0 Å². The lowest BCUT2D eigenvalue weighted by Crippen LogP contribution is -2.64. The van der Waals surface area contributed by atoms with Gasteiger partial charge in [0.2, 0.25) is 6.29 Å². The van der Waals surface area contributed by atoms with Crippen molar-refractivity contribution in [2.75, 3.05) is 6.61 Å². The Kier molecular flexibility index (Phi) is 10.3.